The number of benzene rings is 2. The third-order valence-electron chi connectivity index (χ3n) is 2.35. The van der Waals surface area contributed by atoms with Crippen LogP contribution in [0, 0.1) is 0 Å². The van der Waals surface area contributed by atoms with Crippen molar-refractivity contribution in [2.45, 2.75) is 5.88 Å². The normalized spacial score (nSPS) is 10.6. The quantitative estimate of drug-likeness (QED) is 0.432. The molecule has 1 nitrogen and oxygen atoms in total. The van der Waals surface area contributed by atoms with Crippen molar-refractivity contribution in [1.29, 1.82) is 0 Å². The first-order valence-electron chi connectivity index (χ1n) is 5.18. The largest absolute Gasteiger partial charge is 0.454 e. The highest BCUT2D eigenvalue weighted by Crippen LogP contribution is 2.38. The highest BCUT2D eigenvalue weighted by Gasteiger charge is 2.10. The molecule has 0 N–H and O–H groups in total. The highest BCUT2D eigenvalue weighted by molar-refractivity contribution is 6.43. The second kappa shape index (κ2) is 6.43. The minimum atomic E-state index is 0.354. The summed E-state index contributed by atoms with van der Waals surface area (Å²) in [6.07, 6.45) is 0. The number of hydrogen-bond donors (Lipinski definition) is 0. The molecule has 0 aliphatic rings. The van der Waals surface area contributed by atoms with Crippen molar-refractivity contribution in [1.82, 2.24) is 0 Å². The van der Waals surface area contributed by atoms with Crippen molar-refractivity contribution in [2.75, 3.05) is 0 Å². The van der Waals surface area contributed by atoms with Crippen LogP contribution in [0.25, 0.3) is 0 Å². The summed E-state index contributed by atoms with van der Waals surface area (Å²) in [7, 11) is 0. The van der Waals surface area contributed by atoms with Crippen LogP contribution in [0.4, 0.5) is 0 Å². The lowest BCUT2D eigenvalue weighted by Crippen LogP contribution is -1.88. The van der Waals surface area contributed by atoms with Gasteiger partial charge in [-0.25, -0.2) is 0 Å². The fourth-order valence-corrected chi connectivity index (χ4v) is 2.39. The van der Waals surface area contributed by atoms with Gasteiger partial charge in [-0.3, -0.25) is 0 Å². The molecular weight excluding hydrogens is 349 g/mol. The Labute approximate surface area is 135 Å². The molecule has 0 aromatic heterocycles. The van der Waals surface area contributed by atoms with E-state index >= 15 is 0 Å². The van der Waals surface area contributed by atoms with Crippen molar-refractivity contribution in [3.63, 3.8) is 0 Å². The second-order valence-corrected chi connectivity index (χ2v) is 5.59. The standard InChI is InChI=1S/C13H7Cl5O/c14-6-7-1-2-12(10(17)3-7)19-13-5-9(16)8(15)4-11(13)18/h1-5H,6H2. The minimum absolute atomic E-state index is 0.354. The first kappa shape index (κ1) is 15.1. The van der Waals surface area contributed by atoms with Crippen LogP contribution >= 0.6 is 58.0 Å². The van der Waals surface area contributed by atoms with Crippen LogP contribution in [0.2, 0.25) is 20.1 Å². The van der Waals surface area contributed by atoms with Crippen LogP contribution in [0.15, 0.2) is 30.3 Å². The van der Waals surface area contributed by atoms with Crippen molar-refractivity contribution >= 4 is 58.0 Å². The van der Waals surface area contributed by atoms with Crippen molar-refractivity contribution in [3.8, 4) is 11.5 Å². The summed E-state index contributed by atoms with van der Waals surface area (Å²) in [5.74, 6) is 1.24. The van der Waals surface area contributed by atoms with E-state index in [0.717, 1.165) is 5.56 Å². The van der Waals surface area contributed by atoms with E-state index in [4.69, 9.17) is 62.7 Å². The summed E-state index contributed by atoms with van der Waals surface area (Å²) >= 11 is 29.6. The molecule has 0 radical (unpaired) electrons. The maximum Gasteiger partial charge on any atom is 0.147 e. The van der Waals surface area contributed by atoms with Crippen molar-refractivity contribution in [3.05, 3.63) is 56.0 Å². The molecule has 19 heavy (non-hydrogen) atoms. The Hall–Kier alpha value is -0.310. The fraction of sp³-hybridized carbons (Fsp3) is 0.0769. The van der Waals surface area contributed by atoms with Crippen molar-refractivity contribution in [2.24, 2.45) is 0 Å². The van der Waals surface area contributed by atoms with Crippen LogP contribution in [0.5, 0.6) is 11.5 Å². The highest BCUT2D eigenvalue weighted by atomic mass is 35.5. The van der Waals surface area contributed by atoms with Gasteiger partial charge in [0, 0.05) is 11.9 Å². The predicted molar refractivity (Wildman–Crippen MR) is 82.6 cm³/mol. The van der Waals surface area contributed by atoms with E-state index in [1.54, 1.807) is 12.1 Å². The Morgan fingerprint density at radius 1 is 0.737 bits per heavy atom. The SMILES string of the molecule is ClCc1ccc(Oc2cc(Cl)c(Cl)cc2Cl)c(Cl)c1. The minimum Gasteiger partial charge on any atom is -0.454 e. The molecule has 0 atom stereocenters. The molecule has 100 valence electrons. The molecule has 2 rings (SSSR count). The first-order valence-corrected chi connectivity index (χ1v) is 7.22. The zero-order chi connectivity index (χ0) is 14.0. The molecule has 0 aliphatic carbocycles. The molecule has 0 saturated heterocycles. The van der Waals surface area contributed by atoms with Crippen LogP contribution in [0.3, 0.4) is 0 Å². The van der Waals surface area contributed by atoms with Gasteiger partial charge < -0.3 is 4.74 Å². The Morgan fingerprint density at radius 3 is 2.00 bits per heavy atom. The van der Waals surface area contributed by atoms with E-state index < -0.39 is 0 Å². The smallest absolute Gasteiger partial charge is 0.147 e. The molecule has 2 aromatic carbocycles. The van der Waals surface area contributed by atoms with Crippen LogP contribution in [-0.4, -0.2) is 0 Å². The zero-order valence-corrected chi connectivity index (χ0v) is 13.2. The molecule has 0 amide bonds. The number of rotatable bonds is 3. The van der Waals surface area contributed by atoms with Gasteiger partial charge in [-0.05, 0) is 23.8 Å². The lowest BCUT2D eigenvalue weighted by atomic mass is 10.2. The van der Waals surface area contributed by atoms with Gasteiger partial charge in [0.15, 0.2) is 0 Å². The van der Waals surface area contributed by atoms with Crippen molar-refractivity contribution < 1.29 is 4.74 Å². The summed E-state index contributed by atoms with van der Waals surface area (Å²) in [6, 6.07) is 8.33. The molecular formula is C13H7Cl5O. The maximum absolute atomic E-state index is 6.10. The Bertz CT molecular complexity index is 612. The number of halogens is 5. The Morgan fingerprint density at radius 2 is 1.37 bits per heavy atom. The van der Waals surface area contributed by atoms with Gasteiger partial charge in [-0.2, -0.15) is 0 Å². The van der Waals surface area contributed by atoms with Gasteiger partial charge in [0.05, 0.1) is 20.1 Å². The summed E-state index contributed by atoms with van der Waals surface area (Å²) in [6.45, 7) is 0. The van der Waals surface area contributed by atoms with Gasteiger partial charge in [0.1, 0.15) is 11.5 Å². The average Bonchev–Trinajstić information content (AvgIpc) is 2.38. The van der Waals surface area contributed by atoms with E-state index in [9.17, 15) is 0 Å². The topological polar surface area (TPSA) is 9.23 Å². The molecule has 0 bridgehead atoms. The average molecular weight is 356 g/mol. The maximum atomic E-state index is 6.10. The summed E-state index contributed by atoms with van der Waals surface area (Å²) < 4.78 is 5.63. The first-order chi connectivity index (χ1) is 9.01. The molecule has 2 aromatic rings. The van der Waals surface area contributed by atoms with E-state index in [2.05, 4.69) is 0 Å². The summed E-state index contributed by atoms with van der Waals surface area (Å²) in [4.78, 5) is 0. The molecule has 0 saturated carbocycles. The number of alkyl halides is 1. The fourth-order valence-electron chi connectivity index (χ4n) is 1.41. The van der Waals surface area contributed by atoms with Crippen LogP contribution < -0.4 is 4.74 Å². The third kappa shape index (κ3) is 3.62. The van der Waals surface area contributed by atoms with E-state index in [0.29, 0.717) is 37.5 Å². The zero-order valence-electron chi connectivity index (χ0n) is 9.39. The number of hydrogen-bond acceptors (Lipinski definition) is 1. The van der Waals surface area contributed by atoms with Gasteiger partial charge in [0.2, 0.25) is 0 Å². The number of ether oxygens (including phenoxy) is 1. The lowest BCUT2D eigenvalue weighted by Gasteiger charge is -2.11. The summed E-state index contributed by atoms with van der Waals surface area (Å²) in [5, 5.41) is 1.52. The molecule has 0 unspecified atom stereocenters. The van der Waals surface area contributed by atoms with Gasteiger partial charge in [0.25, 0.3) is 0 Å². The molecule has 6 heteroatoms. The Kier molecular flexibility index (Phi) is 5.10. The van der Waals surface area contributed by atoms with Gasteiger partial charge in [-0.1, -0.05) is 52.5 Å². The van der Waals surface area contributed by atoms with Gasteiger partial charge in [-0.15, -0.1) is 11.6 Å². The van der Waals surface area contributed by atoms with E-state index in [1.165, 1.54) is 12.1 Å². The molecule has 0 aliphatic heterocycles. The monoisotopic (exact) mass is 354 g/mol. The lowest BCUT2D eigenvalue weighted by molar-refractivity contribution is 0.483. The second-order valence-electron chi connectivity index (χ2n) is 3.70. The molecule has 0 fully saturated rings. The van der Waals surface area contributed by atoms with Crippen LogP contribution in [0.1, 0.15) is 5.56 Å². The van der Waals surface area contributed by atoms with Crippen LogP contribution in [-0.2, 0) is 5.88 Å². The van der Waals surface area contributed by atoms with Gasteiger partial charge >= 0.3 is 0 Å². The molecule has 0 spiro atoms. The third-order valence-corrected chi connectivity index (χ3v) is 3.97. The van der Waals surface area contributed by atoms with E-state index in [1.807, 2.05) is 6.07 Å². The van der Waals surface area contributed by atoms with E-state index in [-0.39, 0.29) is 0 Å². The summed E-state index contributed by atoms with van der Waals surface area (Å²) in [5.41, 5.74) is 0.902. The predicted octanol–water partition coefficient (Wildman–Crippen LogP) is 6.83. The molecule has 0 heterocycles. The Balaban J connectivity index is 2.33.